The predicted molar refractivity (Wildman–Crippen MR) is 73.4 cm³/mol. The van der Waals surface area contributed by atoms with E-state index in [0.717, 1.165) is 0 Å². The Balaban J connectivity index is 2.36. The number of rotatable bonds is 7. The third-order valence-electron chi connectivity index (χ3n) is 2.75. The van der Waals surface area contributed by atoms with Gasteiger partial charge in [0.1, 0.15) is 5.82 Å². The van der Waals surface area contributed by atoms with Gasteiger partial charge in [0.05, 0.1) is 0 Å². The largest absolute Gasteiger partial charge is 0.396 e. The lowest BCUT2D eigenvalue weighted by atomic mass is 10.1. The Morgan fingerprint density at radius 1 is 1.26 bits per heavy atom. The summed E-state index contributed by atoms with van der Waals surface area (Å²) in [6, 6.07) is 5.85. The SMILES string of the molecule is CC(CC(=O)Nc1ccc(F)cc1)N[C@H](C)CCO. The summed E-state index contributed by atoms with van der Waals surface area (Å²) in [4.78, 5) is 11.8. The second kappa shape index (κ2) is 7.86. The van der Waals surface area contributed by atoms with E-state index in [1.807, 2.05) is 13.8 Å². The van der Waals surface area contributed by atoms with Crippen molar-refractivity contribution < 1.29 is 14.3 Å². The number of hydrogen-bond donors (Lipinski definition) is 3. The van der Waals surface area contributed by atoms with E-state index in [1.54, 1.807) is 0 Å². The molecular formula is C14H21FN2O2. The fraction of sp³-hybridized carbons (Fsp3) is 0.500. The van der Waals surface area contributed by atoms with Crippen LogP contribution < -0.4 is 10.6 Å². The molecule has 3 N–H and O–H groups in total. The second-order valence-electron chi connectivity index (χ2n) is 4.74. The van der Waals surface area contributed by atoms with Crippen molar-refractivity contribution in [2.24, 2.45) is 0 Å². The molecule has 0 heterocycles. The fourth-order valence-corrected chi connectivity index (χ4v) is 1.84. The number of anilines is 1. The molecule has 1 amide bonds. The quantitative estimate of drug-likeness (QED) is 0.708. The van der Waals surface area contributed by atoms with Crippen LogP contribution in [0.1, 0.15) is 26.7 Å². The molecule has 19 heavy (non-hydrogen) atoms. The number of nitrogens with one attached hydrogen (secondary N) is 2. The van der Waals surface area contributed by atoms with Crippen LogP contribution in [0.5, 0.6) is 0 Å². The van der Waals surface area contributed by atoms with E-state index < -0.39 is 0 Å². The minimum Gasteiger partial charge on any atom is -0.396 e. The fourth-order valence-electron chi connectivity index (χ4n) is 1.84. The van der Waals surface area contributed by atoms with E-state index in [-0.39, 0.29) is 30.4 Å². The number of aliphatic hydroxyl groups excluding tert-OH is 1. The second-order valence-corrected chi connectivity index (χ2v) is 4.74. The smallest absolute Gasteiger partial charge is 0.225 e. The van der Waals surface area contributed by atoms with Crippen LogP contribution in [-0.4, -0.2) is 29.7 Å². The molecule has 0 saturated heterocycles. The van der Waals surface area contributed by atoms with Gasteiger partial charge in [0.25, 0.3) is 0 Å². The maximum atomic E-state index is 12.7. The van der Waals surface area contributed by atoms with Crippen LogP contribution in [0.2, 0.25) is 0 Å². The van der Waals surface area contributed by atoms with Gasteiger partial charge in [0.15, 0.2) is 0 Å². The van der Waals surface area contributed by atoms with Crippen LogP contribution in [0.3, 0.4) is 0 Å². The van der Waals surface area contributed by atoms with Gasteiger partial charge in [-0.2, -0.15) is 0 Å². The molecule has 0 radical (unpaired) electrons. The first-order valence-corrected chi connectivity index (χ1v) is 6.43. The summed E-state index contributed by atoms with van der Waals surface area (Å²) in [7, 11) is 0. The van der Waals surface area contributed by atoms with E-state index in [4.69, 9.17) is 5.11 Å². The number of aliphatic hydroxyl groups is 1. The van der Waals surface area contributed by atoms with Crippen LogP contribution in [0.15, 0.2) is 24.3 Å². The summed E-state index contributed by atoms with van der Waals surface area (Å²) in [5.74, 6) is -0.450. The third kappa shape index (κ3) is 6.31. The average molecular weight is 268 g/mol. The third-order valence-corrected chi connectivity index (χ3v) is 2.75. The molecule has 0 aliphatic rings. The van der Waals surface area contributed by atoms with Gasteiger partial charge in [-0.25, -0.2) is 4.39 Å². The maximum Gasteiger partial charge on any atom is 0.225 e. The molecule has 0 saturated carbocycles. The molecule has 0 fully saturated rings. The molecule has 1 unspecified atom stereocenters. The molecule has 0 aliphatic carbocycles. The topological polar surface area (TPSA) is 61.4 Å². The first kappa shape index (κ1) is 15.6. The van der Waals surface area contributed by atoms with Crippen LogP contribution >= 0.6 is 0 Å². The van der Waals surface area contributed by atoms with Crippen molar-refractivity contribution in [3.63, 3.8) is 0 Å². The minimum absolute atomic E-state index is 0.0157. The summed E-state index contributed by atoms with van der Waals surface area (Å²) in [5.41, 5.74) is 0.585. The normalized spacial score (nSPS) is 13.9. The lowest BCUT2D eigenvalue weighted by Crippen LogP contribution is -2.37. The van der Waals surface area contributed by atoms with Crippen molar-refractivity contribution in [2.45, 2.75) is 38.8 Å². The lowest BCUT2D eigenvalue weighted by molar-refractivity contribution is -0.116. The van der Waals surface area contributed by atoms with E-state index >= 15 is 0 Å². The van der Waals surface area contributed by atoms with Crippen molar-refractivity contribution in [1.29, 1.82) is 0 Å². The van der Waals surface area contributed by atoms with Gasteiger partial charge >= 0.3 is 0 Å². The van der Waals surface area contributed by atoms with E-state index in [9.17, 15) is 9.18 Å². The van der Waals surface area contributed by atoms with Gasteiger partial charge in [0.2, 0.25) is 5.91 Å². The highest BCUT2D eigenvalue weighted by Crippen LogP contribution is 2.09. The molecule has 4 nitrogen and oxygen atoms in total. The van der Waals surface area contributed by atoms with Crippen LogP contribution in [-0.2, 0) is 4.79 Å². The van der Waals surface area contributed by atoms with E-state index in [1.165, 1.54) is 24.3 Å². The van der Waals surface area contributed by atoms with Crippen LogP contribution in [0.25, 0.3) is 0 Å². The first-order valence-electron chi connectivity index (χ1n) is 6.43. The minimum atomic E-state index is -0.328. The summed E-state index contributed by atoms with van der Waals surface area (Å²) in [6.45, 7) is 4.01. The van der Waals surface area contributed by atoms with Gasteiger partial charge in [0, 0.05) is 30.8 Å². The molecule has 0 aromatic heterocycles. The monoisotopic (exact) mass is 268 g/mol. The maximum absolute atomic E-state index is 12.7. The molecule has 1 rings (SSSR count). The molecule has 0 spiro atoms. The number of amides is 1. The van der Waals surface area contributed by atoms with Crippen LogP contribution in [0.4, 0.5) is 10.1 Å². The number of carbonyl (C=O) groups excluding carboxylic acids is 1. The Morgan fingerprint density at radius 2 is 1.89 bits per heavy atom. The number of benzene rings is 1. The van der Waals surface area contributed by atoms with Crippen molar-refractivity contribution in [3.05, 3.63) is 30.1 Å². The standard InChI is InChI=1S/C14H21FN2O2/c1-10(7-8-18)16-11(2)9-14(19)17-13-5-3-12(15)4-6-13/h3-6,10-11,16,18H,7-9H2,1-2H3,(H,17,19)/t10-,11?/m1/s1. The zero-order chi connectivity index (χ0) is 14.3. The summed E-state index contributed by atoms with van der Waals surface area (Å²) in [6.07, 6.45) is 0.983. The van der Waals surface area contributed by atoms with Crippen LogP contribution in [0, 0.1) is 5.82 Å². The zero-order valence-corrected chi connectivity index (χ0v) is 11.3. The Labute approximate surface area is 113 Å². The first-order chi connectivity index (χ1) is 9.01. The Morgan fingerprint density at radius 3 is 2.47 bits per heavy atom. The number of halogens is 1. The van der Waals surface area contributed by atoms with Gasteiger partial charge in [-0.1, -0.05) is 0 Å². The molecule has 2 atom stereocenters. The predicted octanol–water partition coefficient (Wildman–Crippen LogP) is 1.90. The highest BCUT2D eigenvalue weighted by molar-refractivity contribution is 5.91. The number of carbonyl (C=O) groups is 1. The molecule has 1 aromatic carbocycles. The summed E-state index contributed by atoms with van der Waals surface area (Å²) >= 11 is 0. The Hall–Kier alpha value is -1.46. The van der Waals surface area contributed by atoms with E-state index in [0.29, 0.717) is 18.5 Å². The van der Waals surface area contributed by atoms with Gasteiger partial charge in [-0.05, 0) is 44.5 Å². The van der Waals surface area contributed by atoms with Gasteiger partial charge < -0.3 is 15.7 Å². The van der Waals surface area contributed by atoms with Crippen molar-refractivity contribution in [1.82, 2.24) is 5.32 Å². The molecule has 106 valence electrons. The van der Waals surface area contributed by atoms with Gasteiger partial charge in [-0.3, -0.25) is 4.79 Å². The highest BCUT2D eigenvalue weighted by atomic mass is 19.1. The Kier molecular flexibility index (Phi) is 6.45. The van der Waals surface area contributed by atoms with Crippen molar-refractivity contribution in [3.8, 4) is 0 Å². The number of hydrogen-bond acceptors (Lipinski definition) is 3. The zero-order valence-electron chi connectivity index (χ0n) is 11.3. The van der Waals surface area contributed by atoms with Crippen molar-refractivity contribution in [2.75, 3.05) is 11.9 Å². The lowest BCUT2D eigenvalue weighted by Gasteiger charge is -2.19. The molecular weight excluding hydrogens is 247 g/mol. The Bertz CT molecular complexity index is 395. The van der Waals surface area contributed by atoms with Crippen molar-refractivity contribution >= 4 is 11.6 Å². The highest BCUT2D eigenvalue weighted by Gasteiger charge is 2.11. The molecule has 0 bridgehead atoms. The molecule has 0 aliphatic heterocycles. The summed E-state index contributed by atoms with van der Waals surface area (Å²) < 4.78 is 12.7. The average Bonchev–Trinajstić information content (AvgIpc) is 2.32. The van der Waals surface area contributed by atoms with E-state index in [2.05, 4.69) is 10.6 Å². The molecule has 5 heteroatoms. The summed E-state index contributed by atoms with van der Waals surface area (Å²) in [5, 5.41) is 14.7. The van der Waals surface area contributed by atoms with Gasteiger partial charge in [-0.15, -0.1) is 0 Å². The molecule has 1 aromatic rings.